The first-order valence-corrected chi connectivity index (χ1v) is 5.53. The van der Waals surface area contributed by atoms with Gasteiger partial charge in [0.2, 0.25) is 0 Å². The molecule has 2 atom stereocenters. The lowest BCUT2D eigenvalue weighted by Crippen LogP contribution is -2.31. The van der Waals surface area contributed by atoms with Gasteiger partial charge < -0.3 is 15.2 Å². The van der Waals surface area contributed by atoms with Crippen LogP contribution in [0.3, 0.4) is 0 Å². The second-order valence-corrected chi connectivity index (χ2v) is 4.02. The van der Waals surface area contributed by atoms with Crippen molar-refractivity contribution < 1.29 is 27.0 Å². The summed E-state index contributed by atoms with van der Waals surface area (Å²) in [7, 11) is 1.31. The van der Waals surface area contributed by atoms with Crippen molar-refractivity contribution in [3.63, 3.8) is 0 Å². The minimum Gasteiger partial charge on any atom is -0.494 e. The van der Waals surface area contributed by atoms with Crippen LogP contribution >= 0.6 is 0 Å². The molecule has 0 aliphatic carbocycles. The maximum Gasteiger partial charge on any atom is 0.414 e. The first-order chi connectivity index (χ1) is 8.75. The highest BCUT2D eigenvalue weighted by Gasteiger charge is 2.37. The second-order valence-electron chi connectivity index (χ2n) is 4.02. The average Bonchev–Trinajstić information content (AvgIpc) is 2.34. The van der Waals surface area contributed by atoms with E-state index >= 15 is 0 Å². The van der Waals surface area contributed by atoms with Crippen molar-refractivity contribution in [3.8, 4) is 5.75 Å². The normalized spacial score (nSPS) is 15.1. The van der Waals surface area contributed by atoms with Crippen LogP contribution < -0.4 is 10.5 Å². The minimum atomic E-state index is -4.44. The Hall–Kier alpha value is -1.34. The molecule has 7 heteroatoms. The van der Waals surface area contributed by atoms with Crippen LogP contribution in [0.1, 0.15) is 18.5 Å². The molecule has 0 aliphatic rings. The van der Waals surface area contributed by atoms with Crippen molar-refractivity contribution in [3.05, 3.63) is 29.6 Å². The molecule has 0 saturated carbocycles. The summed E-state index contributed by atoms with van der Waals surface area (Å²) >= 11 is 0. The van der Waals surface area contributed by atoms with Gasteiger partial charge in [0.1, 0.15) is 0 Å². The Morgan fingerprint density at radius 2 is 1.95 bits per heavy atom. The number of halogens is 4. The summed E-state index contributed by atoms with van der Waals surface area (Å²) in [6, 6.07) is 3.11. The van der Waals surface area contributed by atoms with E-state index < -0.39 is 24.1 Å². The molecule has 0 radical (unpaired) electrons. The fraction of sp³-hybridized carbons (Fsp3) is 0.500. The summed E-state index contributed by atoms with van der Waals surface area (Å²) in [5.41, 5.74) is 5.99. The van der Waals surface area contributed by atoms with Crippen LogP contribution in [0.25, 0.3) is 0 Å². The van der Waals surface area contributed by atoms with E-state index in [4.69, 9.17) is 10.5 Å². The lowest BCUT2D eigenvalue weighted by atomic mass is 10.1. The van der Waals surface area contributed by atoms with Crippen LogP contribution in [-0.4, -0.2) is 26.0 Å². The molecule has 108 valence electrons. The quantitative estimate of drug-likeness (QED) is 0.844. The Labute approximate surface area is 108 Å². The molecule has 0 aromatic heterocycles. The minimum absolute atomic E-state index is 0.0422. The van der Waals surface area contributed by atoms with Crippen molar-refractivity contribution in [2.24, 2.45) is 5.73 Å². The lowest BCUT2D eigenvalue weighted by molar-refractivity contribution is -0.215. The lowest BCUT2D eigenvalue weighted by Gasteiger charge is -2.19. The molecule has 0 amide bonds. The number of alkyl halides is 3. The number of ether oxygens (including phenoxy) is 2. The zero-order valence-corrected chi connectivity index (χ0v) is 10.5. The van der Waals surface area contributed by atoms with Gasteiger partial charge in [-0.25, -0.2) is 4.39 Å². The molecule has 19 heavy (non-hydrogen) atoms. The van der Waals surface area contributed by atoms with E-state index in [2.05, 4.69) is 4.74 Å². The standard InChI is InChI=1S/C12H15F4NO2/c1-7(12(14,15)16)19-6-10(17)8-3-4-11(18-2)9(13)5-8/h3-5,7,10H,6,17H2,1-2H3. The summed E-state index contributed by atoms with van der Waals surface area (Å²) < 4.78 is 59.4. The molecule has 0 spiro atoms. The summed E-state index contributed by atoms with van der Waals surface area (Å²) in [5, 5.41) is 0. The third kappa shape index (κ3) is 4.36. The molecule has 0 heterocycles. The molecule has 0 saturated heterocycles. The van der Waals surface area contributed by atoms with Crippen LogP contribution in [0, 0.1) is 5.82 Å². The molecule has 2 unspecified atom stereocenters. The predicted molar refractivity (Wildman–Crippen MR) is 61.3 cm³/mol. The van der Waals surface area contributed by atoms with Crippen LogP contribution in [0.4, 0.5) is 17.6 Å². The fourth-order valence-electron chi connectivity index (χ4n) is 1.35. The van der Waals surface area contributed by atoms with Crippen molar-refractivity contribution in [1.82, 2.24) is 0 Å². The number of benzene rings is 1. The van der Waals surface area contributed by atoms with Gasteiger partial charge in [0.25, 0.3) is 0 Å². The second kappa shape index (κ2) is 6.21. The van der Waals surface area contributed by atoms with Gasteiger partial charge in [-0.1, -0.05) is 6.07 Å². The van der Waals surface area contributed by atoms with E-state index in [0.29, 0.717) is 5.56 Å². The Balaban J connectivity index is 2.64. The van der Waals surface area contributed by atoms with Gasteiger partial charge in [-0.3, -0.25) is 0 Å². The highest BCUT2D eigenvalue weighted by Crippen LogP contribution is 2.25. The van der Waals surface area contributed by atoms with Gasteiger partial charge in [0.15, 0.2) is 17.7 Å². The van der Waals surface area contributed by atoms with Crippen molar-refractivity contribution >= 4 is 0 Å². The van der Waals surface area contributed by atoms with Crippen molar-refractivity contribution in [2.45, 2.75) is 25.2 Å². The molecule has 0 aliphatic heterocycles. The number of rotatable bonds is 5. The largest absolute Gasteiger partial charge is 0.494 e. The Morgan fingerprint density at radius 3 is 2.42 bits per heavy atom. The molecular weight excluding hydrogens is 266 g/mol. The molecule has 2 N–H and O–H groups in total. The van der Waals surface area contributed by atoms with E-state index in [1.165, 1.54) is 19.2 Å². The van der Waals surface area contributed by atoms with E-state index in [1.54, 1.807) is 0 Å². The molecule has 3 nitrogen and oxygen atoms in total. The maximum absolute atomic E-state index is 13.4. The van der Waals surface area contributed by atoms with Crippen LogP contribution in [0.2, 0.25) is 0 Å². The first kappa shape index (κ1) is 15.7. The monoisotopic (exact) mass is 281 g/mol. The van der Waals surface area contributed by atoms with Gasteiger partial charge in [-0.15, -0.1) is 0 Å². The molecular formula is C12H15F4NO2. The van der Waals surface area contributed by atoms with Crippen LogP contribution in [0.5, 0.6) is 5.75 Å². The molecule has 0 fully saturated rings. The molecule has 0 bridgehead atoms. The highest BCUT2D eigenvalue weighted by atomic mass is 19.4. The van der Waals surface area contributed by atoms with E-state index in [-0.39, 0.29) is 12.4 Å². The van der Waals surface area contributed by atoms with Crippen LogP contribution in [0.15, 0.2) is 18.2 Å². The van der Waals surface area contributed by atoms with Gasteiger partial charge >= 0.3 is 6.18 Å². The van der Waals surface area contributed by atoms with E-state index in [9.17, 15) is 17.6 Å². The SMILES string of the molecule is COc1ccc(C(N)COC(C)C(F)(F)F)cc1F. The van der Waals surface area contributed by atoms with Gasteiger partial charge in [-0.2, -0.15) is 13.2 Å². The first-order valence-electron chi connectivity index (χ1n) is 5.53. The maximum atomic E-state index is 13.4. The number of hydrogen-bond acceptors (Lipinski definition) is 3. The summed E-state index contributed by atoms with van der Waals surface area (Å²) in [5.74, 6) is -0.583. The van der Waals surface area contributed by atoms with Gasteiger partial charge in [0.05, 0.1) is 19.8 Å². The summed E-state index contributed by atoms with van der Waals surface area (Å²) in [6.45, 7) is 0.535. The zero-order valence-electron chi connectivity index (χ0n) is 10.5. The third-order valence-corrected chi connectivity index (χ3v) is 2.59. The van der Waals surface area contributed by atoms with Crippen molar-refractivity contribution in [2.75, 3.05) is 13.7 Å². The third-order valence-electron chi connectivity index (χ3n) is 2.59. The van der Waals surface area contributed by atoms with Gasteiger partial charge in [-0.05, 0) is 24.6 Å². The van der Waals surface area contributed by atoms with E-state index in [0.717, 1.165) is 13.0 Å². The summed E-state index contributed by atoms with van der Waals surface area (Å²) in [4.78, 5) is 0. The van der Waals surface area contributed by atoms with Gasteiger partial charge in [0, 0.05) is 0 Å². The van der Waals surface area contributed by atoms with Crippen molar-refractivity contribution in [1.29, 1.82) is 0 Å². The molecule has 1 aromatic rings. The Bertz CT molecular complexity index is 423. The summed E-state index contributed by atoms with van der Waals surface area (Å²) in [6.07, 6.45) is -6.35. The smallest absolute Gasteiger partial charge is 0.414 e. The number of methoxy groups -OCH3 is 1. The topological polar surface area (TPSA) is 44.5 Å². The predicted octanol–water partition coefficient (Wildman–Crippen LogP) is 2.80. The average molecular weight is 281 g/mol. The molecule has 1 aromatic carbocycles. The fourth-order valence-corrected chi connectivity index (χ4v) is 1.35. The Kier molecular flexibility index (Phi) is 5.13. The Morgan fingerprint density at radius 1 is 1.32 bits per heavy atom. The highest BCUT2D eigenvalue weighted by molar-refractivity contribution is 5.30. The zero-order chi connectivity index (χ0) is 14.6. The molecule has 1 rings (SSSR count). The number of nitrogens with two attached hydrogens (primary N) is 1. The van der Waals surface area contributed by atoms with E-state index in [1.807, 2.05) is 0 Å². The number of hydrogen-bond donors (Lipinski definition) is 1. The van der Waals surface area contributed by atoms with Crippen LogP contribution in [-0.2, 0) is 4.74 Å².